The van der Waals surface area contributed by atoms with E-state index in [9.17, 15) is 0 Å². The van der Waals surface area contributed by atoms with Crippen LogP contribution in [-0.2, 0) is 0 Å². The third-order valence-electron chi connectivity index (χ3n) is 1.99. The Morgan fingerprint density at radius 3 is 2.73 bits per heavy atom. The quantitative estimate of drug-likeness (QED) is 0.516. The van der Waals surface area contributed by atoms with Gasteiger partial charge in [-0.25, -0.2) is 0 Å². The molecular weight excluding hydrogens is 142 g/mol. The van der Waals surface area contributed by atoms with Crippen LogP contribution in [0.1, 0.15) is 6.92 Å². The summed E-state index contributed by atoms with van der Waals surface area (Å²) >= 11 is 0. The molecule has 11 heavy (non-hydrogen) atoms. The predicted octanol–water partition coefficient (Wildman–Crippen LogP) is -0.227. The second kappa shape index (κ2) is 3.07. The Morgan fingerprint density at radius 1 is 1.55 bits per heavy atom. The fraction of sp³-hybridized carbons (Fsp3) is 0.500. The highest BCUT2D eigenvalue weighted by Gasteiger charge is 2.27. The standard InChI is InChI=1S/C8H13NO2/c1-8(6-11)7(5-10)3-2-4-9-8/h2-4,9-11H,5-6H2,1H3. The van der Waals surface area contributed by atoms with Gasteiger partial charge in [0.1, 0.15) is 0 Å². The first kappa shape index (κ1) is 8.30. The average molecular weight is 155 g/mol. The molecule has 0 aliphatic carbocycles. The van der Waals surface area contributed by atoms with Gasteiger partial charge in [-0.2, -0.15) is 0 Å². The van der Waals surface area contributed by atoms with Crippen molar-refractivity contribution in [3.8, 4) is 0 Å². The number of nitrogens with one attached hydrogen (secondary N) is 1. The van der Waals surface area contributed by atoms with Crippen molar-refractivity contribution in [3.63, 3.8) is 0 Å². The predicted molar refractivity (Wildman–Crippen MR) is 42.9 cm³/mol. The monoisotopic (exact) mass is 155 g/mol. The summed E-state index contributed by atoms with van der Waals surface area (Å²) in [6, 6.07) is 0. The summed E-state index contributed by atoms with van der Waals surface area (Å²) in [6.45, 7) is 1.82. The summed E-state index contributed by atoms with van der Waals surface area (Å²) in [5, 5.41) is 20.9. The maximum absolute atomic E-state index is 9.00. The number of aliphatic hydroxyl groups excluding tert-OH is 2. The highest BCUT2D eigenvalue weighted by atomic mass is 16.3. The Labute approximate surface area is 66.0 Å². The average Bonchev–Trinajstić information content (AvgIpc) is 2.05. The van der Waals surface area contributed by atoms with Crippen LogP contribution in [0.5, 0.6) is 0 Å². The van der Waals surface area contributed by atoms with Gasteiger partial charge in [0.2, 0.25) is 0 Å². The van der Waals surface area contributed by atoms with Gasteiger partial charge < -0.3 is 15.5 Å². The third kappa shape index (κ3) is 1.44. The fourth-order valence-electron chi connectivity index (χ4n) is 1.05. The van der Waals surface area contributed by atoms with Crippen LogP contribution in [0.3, 0.4) is 0 Å². The minimum absolute atomic E-state index is 0.0102. The Bertz CT molecular complexity index is 198. The first-order valence-electron chi connectivity index (χ1n) is 3.58. The van der Waals surface area contributed by atoms with Gasteiger partial charge in [0, 0.05) is 0 Å². The molecule has 0 fully saturated rings. The number of hydrogen-bond donors (Lipinski definition) is 3. The zero-order valence-corrected chi connectivity index (χ0v) is 6.54. The molecule has 0 aromatic heterocycles. The molecule has 0 saturated carbocycles. The van der Waals surface area contributed by atoms with Crippen LogP contribution in [-0.4, -0.2) is 29.0 Å². The normalized spacial score (nSPS) is 29.5. The van der Waals surface area contributed by atoms with E-state index in [0.717, 1.165) is 5.57 Å². The van der Waals surface area contributed by atoms with Crippen molar-refractivity contribution in [2.75, 3.05) is 13.2 Å². The molecule has 3 N–H and O–H groups in total. The molecule has 1 aliphatic heterocycles. The van der Waals surface area contributed by atoms with Gasteiger partial charge in [0.05, 0.1) is 18.8 Å². The van der Waals surface area contributed by atoms with Crippen LogP contribution in [0.25, 0.3) is 0 Å². The van der Waals surface area contributed by atoms with E-state index in [1.165, 1.54) is 0 Å². The summed E-state index contributed by atoms with van der Waals surface area (Å²) in [5.41, 5.74) is 0.325. The van der Waals surface area contributed by atoms with Gasteiger partial charge in [-0.05, 0) is 24.8 Å². The summed E-state index contributed by atoms with van der Waals surface area (Å²) in [7, 11) is 0. The zero-order valence-electron chi connectivity index (χ0n) is 6.54. The van der Waals surface area contributed by atoms with Crippen molar-refractivity contribution in [2.45, 2.75) is 12.5 Å². The van der Waals surface area contributed by atoms with Gasteiger partial charge in [0.25, 0.3) is 0 Å². The number of dihydropyridines is 1. The first-order valence-corrected chi connectivity index (χ1v) is 3.58. The van der Waals surface area contributed by atoms with Crippen molar-refractivity contribution in [3.05, 3.63) is 23.9 Å². The molecule has 1 aliphatic rings. The van der Waals surface area contributed by atoms with Gasteiger partial charge >= 0.3 is 0 Å². The van der Waals surface area contributed by atoms with Crippen molar-refractivity contribution >= 4 is 0 Å². The zero-order chi connectivity index (χ0) is 8.32. The van der Waals surface area contributed by atoms with Crippen LogP contribution in [0, 0.1) is 0 Å². The molecule has 0 aromatic carbocycles. The molecule has 0 amide bonds. The molecule has 0 spiro atoms. The van der Waals surface area contributed by atoms with E-state index in [1.54, 1.807) is 6.20 Å². The lowest BCUT2D eigenvalue weighted by Gasteiger charge is -2.32. The molecule has 0 bridgehead atoms. The highest BCUT2D eigenvalue weighted by Crippen LogP contribution is 2.18. The molecule has 1 atom stereocenters. The molecule has 0 saturated heterocycles. The summed E-state index contributed by atoms with van der Waals surface area (Å²) in [6.07, 6.45) is 5.38. The number of rotatable bonds is 2. The van der Waals surface area contributed by atoms with E-state index >= 15 is 0 Å². The molecule has 3 nitrogen and oxygen atoms in total. The van der Waals surface area contributed by atoms with Crippen molar-refractivity contribution in [1.29, 1.82) is 0 Å². The van der Waals surface area contributed by atoms with Gasteiger partial charge in [-0.15, -0.1) is 0 Å². The lowest BCUT2D eigenvalue weighted by molar-refractivity contribution is 0.193. The van der Waals surface area contributed by atoms with Crippen LogP contribution in [0.2, 0.25) is 0 Å². The Balaban J connectivity index is 2.82. The third-order valence-corrected chi connectivity index (χ3v) is 1.99. The van der Waals surface area contributed by atoms with E-state index < -0.39 is 5.54 Å². The Morgan fingerprint density at radius 2 is 2.27 bits per heavy atom. The lowest BCUT2D eigenvalue weighted by atomic mass is 9.91. The second-order valence-corrected chi connectivity index (χ2v) is 2.84. The molecule has 1 rings (SSSR count). The topological polar surface area (TPSA) is 52.5 Å². The molecular formula is C8H13NO2. The van der Waals surface area contributed by atoms with Gasteiger partial charge in [-0.1, -0.05) is 6.08 Å². The SMILES string of the molecule is CC1(CO)NC=CC=C1CO. The summed E-state index contributed by atoms with van der Waals surface area (Å²) in [4.78, 5) is 0. The van der Waals surface area contributed by atoms with E-state index in [1.807, 2.05) is 19.1 Å². The van der Waals surface area contributed by atoms with Crippen molar-refractivity contribution < 1.29 is 10.2 Å². The molecule has 0 radical (unpaired) electrons. The number of aliphatic hydroxyl groups is 2. The lowest BCUT2D eigenvalue weighted by Crippen LogP contribution is -2.46. The Hall–Kier alpha value is -0.800. The minimum Gasteiger partial charge on any atom is -0.394 e. The van der Waals surface area contributed by atoms with Gasteiger partial charge in [0.15, 0.2) is 0 Å². The van der Waals surface area contributed by atoms with E-state index in [-0.39, 0.29) is 13.2 Å². The summed E-state index contributed by atoms with van der Waals surface area (Å²) in [5.74, 6) is 0. The molecule has 1 heterocycles. The first-order chi connectivity index (χ1) is 5.23. The van der Waals surface area contributed by atoms with Crippen molar-refractivity contribution in [1.82, 2.24) is 5.32 Å². The van der Waals surface area contributed by atoms with Crippen molar-refractivity contribution in [2.24, 2.45) is 0 Å². The van der Waals surface area contributed by atoms with Crippen LogP contribution >= 0.6 is 0 Å². The van der Waals surface area contributed by atoms with Gasteiger partial charge in [-0.3, -0.25) is 0 Å². The summed E-state index contributed by atoms with van der Waals surface area (Å²) < 4.78 is 0. The molecule has 1 unspecified atom stereocenters. The van der Waals surface area contributed by atoms with Crippen LogP contribution in [0.4, 0.5) is 0 Å². The maximum Gasteiger partial charge on any atom is 0.0808 e. The maximum atomic E-state index is 9.00. The van der Waals surface area contributed by atoms with E-state index in [2.05, 4.69) is 5.32 Å². The van der Waals surface area contributed by atoms with E-state index in [0.29, 0.717) is 0 Å². The fourth-order valence-corrected chi connectivity index (χ4v) is 1.05. The second-order valence-electron chi connectivity index (χ2n) is 2.84. The van der Waals surface area contributed by atoms with Crippen LogP contribution < -0.4 is 5.32 Å². The number of hydrogen-bond acceptors (Lipinski definition) is 3. The molecule has 3 heteroatoms. The van der Waals surface area contributed by atoms with E-state index in [4.69, 9.17) is 10.2 Å². The smallest absolute Gasteiger partial charge is 0.0808 e. The number of allylic oxidation sites excluding steroid dienone is 2. The Kier molecular flexibility index (Phi) is 2.31. The largest absolute Gasteiger partial charge is 0.394 e. The molecule has 0 aromatic rings. The minimum atomic E-state index is -0.483. The highest BCUT2D eigenvalue weighted by molar-refractivity contribution is 5.29. The molecule has 62 valence electrons. The van der Waals surface area contributed by atoms with Crippen LogP contribution in [0.15, 0.2) is 23.9 Å².